The summed E-state index contributed by atoms with van der Waals surface area (Å²) in [6, 6.07) is 7.77. The minimum absolute atomic E-state index is 0.0479. The summed E-state index contributed by atoms with van der Waals surface area (Å²) in [6.45, 7) is 1.69. The molecule has 0 aromatic heterocycles. The fourth-order valence-corrected chi connectivity index (χ4v) is 1.68. The molecular weight excluding hydrogens is 240 g/mol. The molecule has 0 aliphatic heterocycles. The molecule has 1 aromatic carbocycles. The van der Waals surface area contributed by atoms with Crippen molar-refractivity contribution >= 4 is 11.6 Å². The largest absolute Gasteiger partial charge is 0.382 e. The molecule has 96 valence electrons. The minimum atomic E-state index is 0.0479. The van der Waals surface area contributed by atoms with E-state index >= 15 is 0 Å². The number of methoxy groups -OCH3 is 1. The van der Waals surface area contributed by atoms with Gasteiger partial charge in [0.05, 0.1) is 19.8 Å². The Labute approximate surface area is 107 Å². The zero-order valence-electron chi connectivity index (χ0n) is 9.99. The molecule has 17 heavy (non-hydrogen) atoms. The Morgan fingerprint density at radius 3 is 2.76 bits per heavy atom. The van der Waals surface area contributed by atoms with Crippen LogP contribution in [0.5, 0.6) is 0 Å². The summed E-state index contributed by atoms with van der Waals surface area (Å²) in [4.78, 5) is 0. The van der Waals surface area contributed by atoms with Gasteiger partial charge in [0.2, 0.25) is 0 Å². The van der Waals surface area contributed by atoms with E-state index in [1.165, 1.54) is 0 Å². The second kappa shape index (κ2) is 8.44. The third kappa shape index (κ3) is 5.48. The van der Waals surface area contributed by atoms with Crippen LogP contribution >= 0.6 is 11.6 Å². The van der Waals surface area contributed by atoms with Crippen molar-refractivity contribution in [2.24, 2.45) is 5.84 Å². The fourth-order valence-electron chi connectivity index (χ4n) is 1.46. The van der Waals surface area contributed by atoms with Gasteiger partial charge in [-0.15, -0.1) is 0 Å². The number of rotatable bonds is 8. The molecule has 0 spiro atoms. The van der Waals surface area contributed by atoms with E-state index in [2.05, 4.69) is 5.43 Å². The predicted octanol–water partition coefficient (Wildman–Crippen LogP) is 1.38. The van der Waals surface area contributed by atoms with Crippen LogP contribution in [0.25, 0.3) is 0 Å². The second-order valence-corrected chi connectivity index (χ2v) is 4.13. The van der Waals surface area contributed by atoms with Gasteiger partial charge in [-0.2, -0.15) is 0 Å². The molecule has 0 saturated carbocycles. The van der Waals surface area contributed by atoms with Crippen LogP contribution in [0, 0.1) is 0 Å². The highest BCUT2D eigenvalue weighted by Crippen LogP contribution is 2.16. The number of nitrogens with one attached hydrogen (secondary N) is 1. The molecule has 0 radical (unpaired) electrons. The standard InChI is InChI=1S/C12H19ClN2O2/c1-16-6-7-17-9-11(15-14)8-10-4-2-3-5-12(10)13/h2-5,11,15H,6-9,14H2,1H3. The van der Waals surface area contributed by atoms with Gasteiger partial charge in [-0.05, 0) is 18.1 Å². The highest BCUT2D eigenvalue weighted by molar-refractivity contribution is 6.31. The van der Waals surface area contributed by atoms with Crippen LogP contribution in [0.15, 0.2) is 24.3 Å². The first-order valence-electron chi connectivity index (χ1n) is 5.54. The fraction of sp³-hybridized carbons (Fsp3) is 0.500. The number of hydrogen-bond donors (Lipinski definition) is 2. The van der Waals surface area contributed by atoms with Gasteiger partial charge in [-0.1, -0.05) is 29.8 Å². The lowest BCUT2D eigenvalue weighted by Gasteiger charge is -2.16. The Kier molecular flexibility index (Phi) is 7.16. The van der Waals surface area contributed by atoms with Gasteiger partial charge < -0.3 is 9.47 Å². The van der Waals surface area contributed by atoms with Gasteiger partial charge in [-0.3, -0.25) is 11.3 Å². The molecule has 1 aromatic rings. The third-order valence-corrected chi connectivity index (χ3v) is 2.78. The summed E-state index contributed by atoms with van der Waals surface area (Å²) in [7, 11) is 1.64. The number of nitrogens with two attached hydrogens (primary N) is 1. The van der Waals surface area contributed by atoms with Crippen LogP contribution in [0.2, 0.25) is 5.02 Å². The summed E-state index contributed by atoms with van der Waals surface area (Å²) in [5, 5.41) is 0.754. The average molecular weight is 259 g/mol. The van der Waals surface area contributed by atoms with Crippen LogP contribution in [-0.2, 0) is 15.9 Å². The smallest absolute Gasteiger partial charge is 0.0701 e. The molecular formula is C12H19ClN2O2. The SMILES string of the molecule is COCCOCC(Cc1ccccc1Cl)NN. The van der Waals surface area contributed by atoms with E-state index in [-0.39, 0.29) is 6.04 Å². The quantitative estimate of drug-likeness (QED) is 0.420. The predicted molar refractivity (Wildman–Crippen MR) is 69.0 cm³/mol. The summed E-state index contributed by atoms with van der Waals surface area (Å²) >= 11 is 6.08. The Balaban J connectivity index is 2.38. The zero-order valence-corrected chi connectivity index (χ0v) is 10.7. The lowest BCUT2D eigenvalue weighted by molar-refractivity contribution is 0.0587. The maximum absolute atomic E-state index is 6.08. The van der Waals surface area contributed by atoms with E-state index in [1.807, 2.05) is 24.3 Å². The summed E-state index contributed by atoms with van der Waals surface area (Å²) in [5.41, 5.74) is 3.79. The molecule has 0 bridgehead atoms. The van der Waals surface area contributed by atoms with Crippen LogP contribution < -0.4 is 11.3 Å². The first kappa shape index (κ1) is 14.4. The zero-order chi connectivity index (χ0) is 12.5. The van der Waals surface area contributed by atoms with Gasteiger partial charge in [0, 0.05) is 18.2 Å². The van der Waals surface area contributed by atoms with Crippen molar-refractivity contribution in [3.05, 3.63) is 34.9 Å². The van der Waals surface area contributed by atoms with Crippen LogP contribution in [0.3, 0.4) is 0 Å². The molecule has 5 heteroatoms. The Morgan fingerprint density at radius 2 is 2.12 bits per heavy atom. The second-order valence-electron chi connectivity index (χ2n) is 3.73. The maximum Gasteiger partial charge on any atom is 0.0701 e. The van der Waals surface area contributed by atoms with E-state index in [0.717, 1.165) is 17.0 Å². The van der Waals surface area contributed by atoms with Crippen molar-refractivity contribution in [3.8, 4) is 0 Å². The molecule has 1 unspecified atom stereocenters. The molecule has 0 aliphatic rings. The van der Waals surface area contributed by atoms with Crippen molar-refractivity contribution in [3.63, 3.8) is 0 Å². The highest BCUT2D eigenvalue weighted by Gasteiger charge is 2.09. The van der Waals surface area contributed by atoms with Crippen molar-refractivity contribution in [2.45, 2.75) is 12.5 Å². The van der Waals surface area contributed by atoms with Gasteiger partial charge in [0.25, 0.3) is 0 Å². The van der Waals surface area contributed by atoms with Gasteiger partial charge in [0.15, 0.2) is 0 Å². The first-order valence-corrected chi connectivity index (χ1v) is 5.92. The van der Waals surface area contributed by atoms with Gasteiger partial charge >= 0.3 is 0 Å². The van der Waals surface area contributed by atoms with Crippen molar-refractivity contribution < 1.29 is 9.47 Å². The molecule has 0 heterocycles. The van der Waals surface area contributed by atoms with E-state index in [9.17, 15) is 0 Å². The summed E-state index contributed by atoms with van der Waals surface area (Å²) < 4.78 is 10.3. The van der Waals surface area contributed by atoms with Gasteiger partial charge in [0.1, 0.15) is 0 Å². The average Bonchev–Trinajstić information content (AvgIpc) is 2.35. The molecule has 0 amide bonds. The molecule has 0 saturated heterocycles. The number of halogens is 1. The van der Waals surface area contributed by atoms with E-state index in [1.54, 1.807) is 7.11 Å². The van der Waals surface area contributed by atoms with Crippen molar-refractivity contribution in [2.75, 3.05) is 26.9 Å². The minimum Gasteiger partial charge on any atom is -0.382 e. The molecule has 1 rings (SSSR count). The lowest BCUT2D eigenvalue weighted by atomic mass is 10.1. The Morgan fingerprint density at radius 1 is 1.35 bits per heavy atom. The highest BCUT2D eigenvalue weighted by atomic mass is 35.5. The van der Waals surface area contributed by atoms with Crippen LogP contribution in [-0.4, -0.2) is 33.0 Å². The van der Waals surface area contributed by atoms with E-state index < -0.39 is 0 Å². The Hall–Kier alpha value is -0.650. The topological polar surface area (TPSA) is 56.5 Å². The first-order chi connectivity index (χ1) is 8.27. The molecule has 1 atom stereocenters. The normalized spacial score (nSPS) is 12.6. The number of hydrazine groups is 1. The third-order valence-electron chi connectivity index (χ3n) is 2.41. The molecule has 0 fully saturated rings. The van der Waals surface area contributed by atoms with Crippen molar-refractivity contribution in [1.82, 2.24) is 5.43 Å². The van der Waals surface area contributed by atoms with Gasteiger partial charge in [-0.25, -0.2) is 0 Å². The summed E-state index contributed by atoms with van der Waals surface area (Å²) in [5.74, 6) is 5.48. The van der Waals surface area contributed by atoms with Crippen LogP contribution in [0.1, 0.15) is 5.56 Å². The number of ether oxygens (including phenoxy) is 2. The van der Waals surface area contributed by atoms with Crippen molar-refractivity contribution in [1.29, 1.82) is 0 Å². The molecule has 3 N–H and O–H groups in total. The monoisotopic (exact) mass is 258 g/mol. The lowest BCUT2D eigenvalue weighted by Crippen LogP contribution is -2.40. The molecule has 4 nitrogen and oxygen atoms in total. The van der Waals surface area contributed by atoms with E-state index in [0.29, 0.717) is 19.8 Å². The van der Waals surface area contributed by atoms with Crippen LogP contribution in [0.4, 0.5) is 0 Å². The molecule has 0 aliphatic carbocycles. The number of benzene rings is 1. The van der Waals surface area contributed by atoms with E-state index in [4.69, 9.17) is 26.9 Å². The Bertz CT molecular complexity index is 323. The summed E-state index contributed by atoms with van der Waals surface area (Å²) in [6.07, 6.45) is 0.739. The number of hydrogen-bond acceptors (Lipinski definition) is 4. The maximum atomic E-state index is 6.08.